The molecule has 2 heterocycles. The lowest BCUT2D eigenvalue weighted by Gasteiger charge is -2.34. The lowest BCUT2D eigenvalue weighted by atomic mass is 9.97. The van der Waals surface area contributed by atoms with Crippen LogP contribution in [0.3, 0.4) is 0 Å². The number of hydrogen-bond donors (Lipinski definition) is 3. The van der Waals surface area contributed by atoms with E-state index in [1.165, 1.54) is 6.07 Å². The fraction of sp³-hybridized carbons (Fsp3) is 0.320. The van der Waals surface area contributed by atoms with Gasteiger partial charge in [-0.2, -0.15) is 0 Å². The van der Waals surface area contributed by atoms with E-state index >= 15 is 0 Å². The highest BCUT2D eigenvalue weighted by atomic mass is 35.5. The lowest BCUT2D eigenvalue weighted by molar-refractivity contribution is -0.123. The number of nitrogens with one attached hydrogen (secondary N) is 2. The normalized spacial score (nSPS) is 15.8. The molecular formula is C25H27ClN4O4. The van der Waals surface area contributed by atoms with Crippen molar-refractivity contribution < 1.29 is 14.7 Å². The second kappa shape index (κ2) is 10.4. The number of likely N-dealkylation sites (N-methyl/N-ethyl adjacent to an activating group) is 1. The molecule has 1 unspecified atom stereocenters. The summed E-state index contributed by atoms with van der Waals surface area (Å²) in [6.07, 6.45) is 0. The van der Waals surface area contributed by atoms with Gasteiger partial charge in [-0.1, -0.05) is 41.9 Å². The van der Waals surface area contributed by atoms with E-state index in [0.29, 0.717) is 28.0 Å². The molecule has 1 amide bonds. The Morgan fingerprint density at radius 3 is 2.50 bits per heavy atom. The molecule has 0 spiro atoms. The first kappa shape index (κ1) is 23.9. The van der Waals surface area contributed by atoms with Crippen LogP contribution in [-0.4, -0.2) is 71.5 Å². The number of benzene rings is 2. The molecule has 3 aromatic rings. The Hall–Kier alpha value is -3.20. The average molecular weight is 483 g/mol. The number of nitrogens with zero attached hydrogens (tertiary/aromatic N) is 2. The van der Waals surface area contributed by atoms with Crippen molar-refractivity contribution in [3.8, 4) is 0 Å². The van der Waals surface area contributed by atoms with Crippen molar-refractivity contribution in [1.29, 1.82) is 0 Å². The van der Waals surface area contributed by atoms with Gasteiger partial charge in [0, 0.05) is 49.7 Å². The van der Waals surface area contributed by atoms with E-state index in [2.05, 4.69) is 27.1 Å². The van der Waals surface area contributed by atoms with Gasteiger partial charge < -0.3 is 20.3 Å². The number of aromatic nitrogens is 1. The number of fused-ring (bicyclic) bond motifs is 1. The van der Waals surface area contributed by atoms with Crippen molar-refractivity contribution >= 4 is 34.4 Å². The summed E-state index contributed by atoms with van der Waals surface area (Å²) in [6, 6.07) is 14.2. The topological polar surface area (TPSA) is 106 Å². The van der Waals surface area contributed by atoms with E-state index in [-0.39, 0.29) is 23.9 Å². The zero-order valence-electron chi connectivity index (χ0n) is 18.9. The van der Waals surface area contributed by atoms with Crippen molar-refractivity contribution in [1.82, 2.24) is 20.1 Å². The van der Waals surface area contributed by atoms with E-state index < -0.39 is 11.5 Å². The van der Waals surface area contributed by atoms with E-state index in [4.69, 9.17) is 11.6 Å². The summed E-state index contributed by atoms with van der Waals surface area (Å²) in [5, 5.41) is 13.1. The number of piperazine rings is 1. The molecule has 0 saturated carbocycles. The fourth-order valence-corrected chi connectivity index (χ4v) is 4.52. The van der Waals surface area contributed by atoms with Crippen LogP contribution in [0.25, 0.3) is 10.9 Å². The smallest absolute Gasteiger partial charge is 0.341 e. The van der Waals surface area contributed by atoms with Crippen LogP contribution in [0.15, 0.2) is 53.3 Å². The second-order valence-electron chi connectivity index (χ2n) is 8.63. The number of pyridine rings is 1. The highest BCUT2D eigenvalue weighted by Gasteiger charge is 2.25. The third kappa shape index (κ3) is 5.47. The van der Waals surface area contributed by atoms with Crippen molar-refractivity contribution in [3.63, 3.8) is 0 Å². The van der Waals surface area contributed by atoms with E-state index in [9.17, 15) is 19.5 Å². The van der Waals surface area contributed by atoms with E-state index in [1.54, 1.807) is 12.1 Å². The predicted molar refractivity (Wildman–Crippen MR) is 132 cm³/mol. The molecule has 4 rings (SSSR count). The minimum absolute atomic E-state index is 0.122. The van der Waals surface area contributed by atoms with Crippen molar-refractivity contribution in [2.45, 2.75) is 12.5 Å². The van der Waals surface area contributed by atoms with Gasteiger partial charge in [-0.05, 0) is 36.4 Å². The van der Waals surface area contributed by atoms with E-state index in [0.717, 1.165) is 31.7 Å². The Bertz CT molecular complexity index is 1250. The summed E-state index contributed by atoms with van der Waals surface area (Å²) in [4.78, 5) is 44.1. The van der Waals surface area contributed by atoms with Gasteiger partial charge in [-0.25, -0.2) is 4.79 Å². The molecule has 0 aliphatic carbocycles. The molecular weight excluding hydrogens is 456 g/mol. The largest absolute Gasteiger partial charge is 0.477 e. The van der Waals surface area contributed by atoms with Crippen LogP contribution >= 0.6 is 11.6 Å². The molecule has 3 N–H and O–H groups in total. The number of H-pyrrole nitrogens is 1. The van der Waals surface area contributed by atoms with Crippen LogP contribution in [-0.2, 0) is 11.3 Å². The van der Waals surface area contributed by atoms with Gasteiger partial charge in [0.1, 0.15) is 5.56 Å². The van der Waals surface area contributed by atoms with Gasteiger partial charge in [-0.15, -0.1) is 0 Å². The molecule has 1 atom stereocenters. The molecule has 2 aromatic carbocycles. The summed E-state index contributed by atoms with van der Waals surface area (Å²) in [5.41, 5.74) is 0.939. The van der Waals surface area contributed by atoms with Crippen molar-refractivity contribution in [2.75, 3.05) is 39.8 Å². The van der Waals surface area contributed by atoms with Gasteiger partial charge in [0.15, 0.2) is 0 Å². The minimum Gasteiger partial charge on any atom is -0.477 e. The van der Waals surface area contributed by atoms with Crippen LogP contribution in [0.4, 0.5) is 0 Å². The van der Waals surface area contributed by atoms with Gasteiger partial charge in [0.25, 0.3) is 5.56 Å². The van der Waals surface area contributed by atoms with E-state index in [1.807, 2.05) is 30.3 Å². The molecule has 34 heavy (non-hydrogen) atoms. The first-order chi connectivity index (χ1) is 16.3. The zero-order valence-corrected chi connectivity index (χ0v) is 19.6. The number of aromatic carboxylic acids is 1. The summed E-state index contributed by atoms with van der Waals surface area (Å²) >= 11 is 6.25. The first-order valence-corrected chi connectivity index (χ1v) is 11.5. The zero-order chi connectivity index (χ0) is 24.2. The number of amides is 1. The van der Waals surface area contributed by atoms with Gasteiger partial charge in [0.05, 0.1) is 11.4 Å². The lowest BCUT2D eigenvalue weighted by Crippen LogP contribution is -2.47. The standard InChI is InChI=1S/C25H27ClN4O4/c1-29-7-9-30(10-8-29)15-21(16-5-3-2-4-6-16)23(31)27-14-18-12-19(26)11-17-13-20(25(33)34)24(32)28-22(17)18/h2-6,11-13,21H,7-10,14-15H2,1H3,(H,27,31)(H,28,32)(H,33,34). The summed E-state index contributed by atoms with van der Waals surface area (Å²) in [5.74, 6) is -1.79. The Balaban J connectivity index is 1.57. The maximum absolute atomic E-state index is 13.4. The molecule has 0 bridgehead atoms. The highest BCUT2D eigenvalue weighted by molar-refractivity contribution is 6.31. The average Bonchev–Trinajstić information content (AvgIpc) is 2.82. The van der Waals surface area contributed by atoms with Gasteiger partial charge >= 0.3 is 5.97 Å². The fourth-order valence-electron chi connectivity index (χ4n) is 4.27. The Kier molecular flexibility index (Phi) is 7.31. The molecule has 8 nitrogen and oxygen atoms in total. The van der Waals surface area contributed by atoms with Gasteiger partial charge in [-0.3, -0.25) is 14.5 Å². The van der Waals surface area contributed by atoms with Crippen LogP contribution in [0.5, 0.6) is 0 Å². The van der Waals surface area contributed by atoms with Gasteiger partial charge in [0.2, 0.25) is 5.91 Å². The predicted octanol–water partition coefficient (Wildman–Crippen LogP) is 2.53. The quantitative estimate of drug-likeness (QED) is 0.478. The molecule has 1 fully saturated rings. The summed E-state index contributed by atoms with van der Waals surface area (Å²) in [6.45, 7) is 4.48. The Labute approximate surface area is 202 Å². The molecule has 9 heteroatoms. The SMILES string of the molecule is CN1CCN(CC(C(=O)NCc2cc(Cl)cc3cc(C(=O)O)c(=O)[nH]c23)c2ccccc2)CC1. The Morgan fingerprint density at radius 2 is 1.82 bits per heavy atom. The molecule has 1 aromatic heterocycles. The summed E-state index contributed by atoms with van der Waals surface area (Å²) < 4.78 is 0. The molecule has 0 radical (unpaired) electrons. The van der Waals surface area contributed by atoms with Crippen LogP contribution in [0.2, 0.25) is 5.02 Å². The first-order valence-electron chi connectivity index (χ1n) is 11.1. The van der Waals surface area contributed by atoms with Crippen LogP contribution in [0, 0.1) is 0 Å². The number of aromatic amines is 1. The number of carbonyl (C=O) groups is 2. The van der Waals surface area contributed by atoms with Crippen LogP contribution in [0.1, 0.15) is 27.4 Å². The summed E-state index contributed by atoms with van der Waals surface area (Å²) in [7, 11) is 2.10. The monoisotopic (exact) mass is 482 g/mol. The number of carboxylic acids is 1. The third-order valence-electron chi connectivity index (χ3n) is 6.24. The number of hydrogen-bond acceptors (Lipinski definition) is 5. The third-order valence-corrected chi connectivity index (χ3v) is 6.46. The molecule has 178 valence electrons. The molecule has 1 saturated heterocycles. The van der Waals surface area contributed by atoms with Crippen molar-refractivity contribution in [2.24, 2.45) is 0 Å². The number of carboxylic acid groups (broad SMARTS) is 1. The number of halogens is 1. The van der Waals surface area contributed by atoms with Crippen LogP contribution < -0.4 is 10.9 Å². The van der Waals surface area contributed by atoms with Crippen molar-refractivity contribution in [3.05, 3.63) is 80.6 Å². The number of rotatable bonds is 7. The molecule has 1 aliphatic heterocycles. The second-order valence-corrected chi connectivity index (χ2v) is 9.07. The Morgan fingerprint density at radius 1 is 1.12 bits per heavy atom. The minimum atomic E-state index is -1.31. The maximum atomic E-state index is 13.4. The highest BCUT2D eigenvalue weighted by Crippen LogP contribution is 2.23. The maximum Gasteiger partial charge on any atom is 0.341 e. The number of carbonyl (C=O) groups excluding carboxylic acids is 1. The molecule has 1 aliphatic rings.